The Morgan fingerprint density at radius 2 is 2.30 bits per heavy atom. The predicted molar refractivity (Wildman–Crippen MR) is 76.0 cm³/mol. The van der Waals surface area contributed by atoms with Gasteiger partial charge in [0.25, 0.3) is 0 Å². The lowest BCUT2D eigenvalue weighted by atomic mass is 10.1. The van der Waals surface area contributed by atoms with Gasteiger partial charge in [-0.15, -0.1) is 5.10 Å². The van der Waals surface area contributed by atoms with Crippen molar-refractivity contribution >= 4 is 5.69 Å². The second-order valence-corrected chi connectivity index (χ2v) is 5.25. The van der Waals surface area contributed by atoms with Gasteiger partial charge < -0.3 is 10.5 Å². The van der Waals surface area contributed by atoms with Crippen LogP contribution in [0.1, 0.15) is 24.8 Å². The van der Waals surface area contributed by atoms with Gasteiger partial charge >= 0.3 is 0 Å². The van der Waals surface area contributed by atoms with Crippen molar-refractivity contribution in [3.63, 3.8) is 0 Å². The fourth-order valence-corrected chi connectivity index (χ4v) is 2.60. The molecular weight excluding hydrogens is 254 g/mol. The summed E-state index contributed by atoms with van der Waals surface area (Å²) in [5, 5.41) is 12.0. The zero-order chi connectivity index (χ0) is 13.9. The van der Waals surface area contributed by atoms with Crippen LogP contribution in [-0.4, -0.2) is 32.9 Å². The van der Waals surface area contributed by atoms with Crippen molar-refractivity contribution in [2.24, 2.45) is 0 Å². The number of tetrazole rings is 1. The highest BCUT2D eigenvalue weighted by Crippen LogP contribution is 2.23. The molecule has 20 heavy (non-hydrogen) atoms. The predicted octanol–water partition coefficient (Wildman–Crippen LogP) is 1.80. The molecule has 2 aromatic rings. The molecule has 1 aromatic heterocycles. The van der Waals surface area contributed by atoms with Gasteiger partial charge in [-0.3, -0.25) is 0 Å². The molecule has 3 rings (SSSR count). The van der Waals surface area contributed by atoms with Crippen LogP contribution in [-0.2, 0) is 11.3 Å². The number of nitrogen functional groups attached to an aromatic ring is 1. The van der Waals surface area contributed by atoms with Crippen molar-refractivity contribution in [3.05, 3.63) is 23.8 Å². The lowest BCUT2D eigenvalue weighted by Gasteiger charge is -2.22. The van der Waals surface area contributed by atoms with Crippen LogP contribution in [0.25, 0.3) is 11.4 Å². The molecule has 0 amide bonds. The maximum Gasteiger partial charge on any atom is 0.182 e. The Bertz CT molecular complexity index is 589. The topological polar surface area (TPSA) is 78.9 Å². The molecule has 106 valence electrons. The third kappa shape index (κ3) is 2.65. The van der Waals surface area contributed by atoms with E-state index in [1.165, 1.54) is 6.42 Å². The molecule has 0 spiro atoms. The molecule has 0 aliphatic carbocycles. The van der Waals surface area contributed by atoms with E-state index in [0.29, 0.717) is 6.54 Å². The van der Waals surface area contributed by atoms with Gasteiger partial charge in [-0.2, -0.15) is 0 Å². The third-order valence-corrected chi connectivity index (χ3v) is 3.67. The average molecular weight is 273 g/mol. The number of hydrogen-bond donors (Lipinski definition) is 1. The Morgan fingerprint density at radius 3 is 3.05 bits per heavy atom. The van der Waals surface area contributed by atoms with Crippen molar-refractivity contribution in [1.82, 2.24) is 20.2 Å². The van der Waals surface area contributed by atoms with E-state index in [0.717, 1.165) is 42.1 Å². The molecule has 1 atom stereocenters. The zero-order valence-electron chi connectivity index (χ0n) is 11.6. The second kappa shape index (κ2) is 5.58. The van der Waals surface area contributed by atoms with Gasteiger partial charge in [0, 0.05) is 17.9 Å². The normalized spacial score (nSPS) is 19.1. The number of ether oxygens (including phenoxy) is 1. The van der Waals surface area contributed by atoms with Gasteiger partial charge in [-0.1, -0.05) is 0 Å². The van der Waals surface area contributed by atoms with Crippen molar-refractivity contribution in [1.29, 1.82) is 0 Å². The number of hydrogen-bond acceptors (Lipinski definition) is 5. The van der Waals surface area contributed by atoms with Crippen molar-refractivity contribution in [2.45, 2.75) is 38.8 Å². The molecule has 1 aromatic carbocycles. The van der Waals surface area contributed by atoms with Gasteiger partial charge in [0.15, 0.2) is 5.82 Å². The van der Waals surface area contributed by atoms with Gasteiger partial charge in [-0.05, 0) is 60.4 Å². The largest absolute Gasteiger partial charge is 0.399 e. The summed E-state index contributed by atoms with van der Waals surface area (Å²) < 4.78 is 7.58. The molecule has 1 saturated heterocycles. The molecule has 0 bridgehead atoms. The highest BCUT2D eigenvalue weighted by molar-refractivity contribution is 5.63. The summed E-state index contributed by atoms with van der Waals surface area (Å²) >= 11 is 0. The number of anilines is 1. The smallest absolute Gasteiger partial charge is 0.182 e. The molecule has 6 heteroatoms. The molecule has 1 aliphatic rings. The Labute approximate surface area is 117 Å². The van der Waals surface area contributed by atoms with E-state index in [1.54, 1.807) is 0 Å². The Hall–Kier alpha value is -1.95. The van der Waals surface area contributed by atoms with Gasteiger partial charge in [0.05, 0.1) is 12.6 Å². The van der Waals surface area contributed by atoms with Crippen molar-refractivity contribution < 1.29 is 4.74 Å². The molecule has 0 radical (unpaired) electrons. The maximum absolute atomic E-state index is 5.79. The van der Waals surface area contributed by atoms with E-state index in [9.17, 15) is 0 Å². The molecule has 0 saturated carbocycles. The van der Waals surface area contributed by atoms with Crippen molar-refractivity contribution in [2.75, 3.05) is 12.3 Å². The molecule has 2 heterocycles. The summed E-state index contributed by atoms with van der Waals surface area (Å²) in [6, 6.07) is 5.78. The summed E-state index contributed by atoms with van der Waals surface area (Å²) in [6.07, 6.45) is 3.64. The number of rotatable bonds is 3. The summed E-state index contributed by atoms with van der Waals surface area (Å²) in [7, 11) is 0. The summed E-state index contributed by atoms with van der Waals surface area (Å²) in [5.74, 6) is 0.775. The van der Waals surface area contributed by atoms with E-state index >= 15 is 0 Å². The Morgan fingerprint density at radius 1 is 1.40 bits per heavy atom. The first-order valence-corrected chi connectivity index (χ1v) is 6.98. The molecule has 1 unspecified atom stereocenters. The van der Waals surface area contributed by atoms with E-state index in [2.05, 4.69) is 15.5 Å². The number of aryl methyl sites for hydroxylation is 1. The summed E-state index contributed by atoms with van der Waals surface area (Å²) in [4.78, 5) is 0. The number of aromatic nitrogens is 4. The first kappa shape index (κ1) is 13.1. The lowest BCUT2D eigenvalue weighted by molar-refractivity contribution is 0.00397. The number of nitrogens with two attached hydrogens (primary N) is 1. The van der Waals surface area contributed by atoms with Crippen LogP contribution in [0.3, 0.4) is 0 Å². The summed E-state index contributed by atoms with van der Waals surface area (Å²) in [6.45, 7) is 3.55. The van der Waals surface area contributed by atoms with E-state index < -0.39 is 0 Å². The fourth-order valence-electron chi connectivity index (χ4n) is 2.60. The molecule has 1 aliphatic heterocycles. The van der Waals surface area contributed by atoms with Crippen LogP contribution >= 0.6 is 0 Å². The third-order valence-electron chi connectivity index (χ3n) is 3.67. The van der Waals surface area contributed by atoms with E-state index in [4.69, 9.17) is 10.5 Å². The van der Waals surface area contributed by atoms with E-state index in [1.807, 2.05) is 29.8 Å². The maximum atomic E-state index is 5.79. The zero-order valence-corrected chi connectivity index (χ0v) is 11.6. The minimum atomic E-state index is 0.208. The fraction of sp³-hybridized carbons (Fsp3) is 0.500. The van der Waals surface area contributed by atoms with Crippen LogP contribution in [0.4, 0.5) is 5.69 Å². The highest BCUT2D eigenvalue weighted by Gasteiger charge is 2.18. The standard InChI is InChI=1S/C14H19N5O/c1-10-8-11(15)5-6-13(10)14-16-17-18-19(14)9-12-4-2-3-7-20-12/h5-6,8,12H,2-4,7,9,15H2,1H3. The quantitative estimate of drug-likeness (QED) is 0.863. The van der Waals surface area contributed by atoms with Crippen molar-refractivity contribution in [3.8, 4) is 11.4 Å². The minimum Gasteiger partial charge on any atom is -0.399 e. The second-order valence-electron chi connectivity index (χ2n) is 5.25. The molecular formula is C14H19N5O. The number of benzene rings is 1. The Balaban J connectivity index is 1.85. The highest BCUT2D eigenvalue weighted by atomic mass is 16.5. The van der Waals surface area contributed by atoms with Crippen LogP contribution in [0, 0.1) is 6.92 Å². The average Bonchev–Trinajstić information content (AvgIpc) is 2.88. The lowest BCUT2D eigenvalue weighted by Crippen LogP contribution is -2.25. The monoisotopic (exact) mass is 273 g/mol. The Kier molecular flexibility index (Phi) is 3.64. The molecule has 1 fully saturated rings. The van der Waals surface area contributed by atoms with Gasteiger partial charge in [0.2, 0.25) is 0 Å². The van der Waals surface area contributed by atoms with Crippen LogP contribution in [0.15, 0.2) is 18.2 Å². The minimum absolute atomic E-state index is 0.208. The summed E-state index contributed by atoms with van der Waals surface area (Å²) in [5.41, 5.74) is 8.63. The SMILES string of the molecule is Cc1cc(N)ccc1-c1nnnn1CC1CCCCO1. The number of nitrogens with zero attached hydrogens (tertiary/aromatic N) is 4. The van der Waals surface area contributed by atoms with Gasteiger partial charge in [-0.25, -0.2) is 4.68 Å². The van der Waals surface area contributed by atoms with Gasteiger partial charge in [0.1, 0.15) is 0 Å². The molecule has 2 N–H and O–H groups in total. The van der Waals surface area contributed by atoms with E-state index in [-0.39, 0.29) is 6.10 Å². The first-order valence-electron chi connectivity index (χ1n) is 6.98. The first-order chi connectivity index (χ1) is 9.74. The molecule has 6 nitrogen and oxygen atoms in total. The van der Waals surface area contributed by atoms with Crippen LogP contribution in [0.2, 0.25) is 0 Å². The van der Waals surface area contributed by atoms with Crippen LogP contribution in [0.5, 0.6) is 0 Å². The van der Waals surface area contributed by atoms with Crippen LogP contribution < -0.4 is 5.73 Å².